The molecule has 0 aromatic rings. The predicted octanol–water partition coefficient (Wildman–Crippen LogP) is 0.333. The van der Waals surface area contributed by atoms with E-state index in [2.05, 4.69) is 12.2 Å². The van der Waals surface area contributed by atoms with Crippen LogP contribution in [0.15, 0.2) is 0 Å². The van der Waals surface area contributed by atoms with E-state index in [-0.39, 0.29) is 0 Å². The average molecular weight is 128 g/mol. The molecule has 0 aliphatic heterocycles. The Balaban J connectivity index is 1.98. The summed E-state index contributed by atoms with van der Waals surface area (Å²) in [6.07, 6.45) is 2.59. The molecule has 1 saturated carbocycles. The van der Waals surface area contributed by atoms with E-state index < -0.39 is 0 Å². The Morgan fingerprint density at radius 1 is 1.56 bits per heavy atom. The molecule has 1 aliphatic carbocycles. The second kappa shape index (κ2) is 3.18. The van der Waals surface area contributed by atoms with Crippen LogP contribution in [0.1, 0.15) is 19.8 Å². The molecule has 0 heterocycles. The Morgan fingerprint density at radius 3 is 2.67 bits per heavy atom. The highest BCUT2D eigenvalue weighted by atomic mass is 14.9. The van der Waals surface area contributed by atoms with Gasteiger partial charge in [0.1, 0.15) is 0 Å². The summed E-state index contributed by atoms with van der Waals surface area (Å²) in [5.41, 5.74) is 5.46. The lowest BCUT2D eigenvalue weighted by atomic mass is 9.80. The van der Waals surface area contributed by atoms with E-state index in [1.165, 1.54) is 12.8 Å². The zero-order valence-corrected chi connectivity index (χ0v) is 6.06. The van der Waals surface area contributed by atoms with Gasteiger partial charge in [0.05, 0.1) is 0 Å². The molecule has 9 heavy (non-hydrogen) atoms. The van der Waals surface area contributed by atoms with Gasteiger partial charge in [-0.05, 0) is 31.8 Å². The normalized spacial score (nSPS) is 34.0. The maximum absolute atomic E-state index is 5.46. The van der Waals surface area contributed by atoms with Crippen LogP contribution in [0.3, 0.4) is 0 Å². The van der Waals surface area contributed by atoms with Crippen LogP contribution in [0, 0.1) is 5.92 Å². The molecule has 0 spiro atoms. The van der Waals surface area contributed by atoms with Crippen LogP contribution in [0.4, 0.5) is 0 Å². The molecule has 0 aromatic heterocycles. The lowest BCUT2D eigenvalue weighted by molar-refractivity contribution is 0.233. The van der Waals surface area contributed by atoms with Crippen molar-refractivity contribution < 1.29 is 0 Å². The molecule has 1 rings (SSSR count). The number of hydrogen-bond acceptors (Lipinski definition) is 2. The lowest BCUT2D eigenvalue weighted by Crippen LogP contribution is -2.43. The summed E-state index contributed by atoms with van der Waals surface area (Å²) in [5, 5.41) is 3.39. The molecule has 0 aromatic carbocycles. The molecule has 54 valence electrons. The smallest absolute Gasteiger partial charge is 0.00731 e. The molecule has 1 fully saturated rings. The van der Waals surface area contributed by atoms with Gasteiger partial charge in [-0.2, -0.15) is 0 Å². The van der Waals surface area contributed by atoms with Crippen LogP contribution < -0.4 is 11.1 Å². The first kappa shape index (κ1) is 7.03. The molecule has 0 unspecified atom stereocenters. The minimum absolute atomic E-state index is 0.781. The topological polar surface area (TPSA) is 38.0 Å². The third kappa shape index (κ3) is 1.66. The predicted molar refractivity (Wildman–Crippen MR) is 39.2 cm³/mol. The number of nitrogens with one attached hydrogen (secondary N) is 1. The summed E-state index contributed by atoms with van der Waals surface area (Å²) >= 11 is 0. The maximum Gasteiger partial charge on any atom is 0.00731 e. The van der Waals surface area contributed by atoms with E-state index in [4.69, 9.17) is 5.73 Å². The van der Waals surface area contributed by atoms with Crippen LogP contribution in [0.2, 0.25) is 0 Å². The number of rotatable bonds is 3. The maximum atomic E-state index is 5.46. The van der Waals surface area contributed by atoms with E-state index in [0.717, 1.165) is 25.0 Å². The van der Waals surface area contributed by atoms with Crippen molar-refractivity contribution in [2.75, 3.05) is 13.1 Å². The fraction of sp³-hybridized carbons (Fsp3) is 1.00. The van der Waals surface area contributed by atoms with Crippen molar-refractivity contribution in [3.05, 3.63) is 0 Å². The monoisotopic (exact) mass is 128 g/mol. The van der Waals surface area contributed by atoms with Crippen LogP contribution in [-0.2, 0) is 0 Å². The zero-order chi connectivity index (χ0) is 6.69. The van der Waals surface area contributed by atoms with Crippen molar-refractivity contribution >= 4 is 0 Å². The third-order valence-corrected chi connectivity index (χ3v) is 2.06. The van der Waals surface area contributed by atoms with E-state index in [9.17, 15) is 0 Å². The molecule has 1 aliphatic rings. The fourth-order valence-corrected chi connectivity index (χ4v) is 1.38. The first-order chi connectivity index (χ1) is 4.36. The molecule has 0 saturated heterocycles. The van der Waals surface area contributed by atoms with Gasteiger partial charge in [0.15, 0.2) is 0 Å². The summed E-state index contributed by atoms with van der Waals surface area (Å²) in [4.78, 5) is 0. The van der Waals surface area contributed by atoms with Crippen molar-refractivity contribution in [1.82, 2.24) is 5.32 Å². The summed E-state index contributed by atoms with van der Waals surface area (Å²) in [7, 11) is 0. The van der Waals surface area contributed by atoms with E-state index in [0.29, 0.717) is 0 Å². The van der Waals surface area contributed by atoms with Crippen molar-refractivity contribution in [3.63, 3.8) is 0 Å². The number of nitrogens with two attached hydrogens (primary N) is 1. The summed E-state index contributed by atoms with van der Waals surface area (Å²) < 4.78 is 0. The Labute approximate surface area is 56.8 Å². The first-order valence-electron chi connectivity index (χ1n) is 3.80. The Morgan fingerprint density at radius 2 is 2.22 bits per heavy atom. The van der Waals surface area contributed by atoms with E-state index >= 15 is 0 Å². The van der Waals surface area contributed by atoms with Gasteiger partial charge >= 0.3 is 0 Å². The summed E-state index contributed by atoms with van der Waals surface area (Å²) in [5.74, 6) is 0.814. The Bertz CT molecular complexity index is 77.0. The largest absolute Gasteiger partial charge is 0.330 e. The zero-order valence-electron chi connectivity index (χ0n) is 6.06. The fourth-order valence-electron chi connectivity index (χ4n) is 1.38. The number of hydrogen-bond donors (Lipinski definition) is 2. The van der Waals surface area contributed by atoms with Gasteiger partial charge in [-0.3, -0.25) is 0 Å². The Hall–Kier alpha value is -0.0800. The summed E-state index contributed by atoms with van der Waals surface area (Å²) in [6, 6.07) is 0.781. The lowest BCUT2D eigenvalue weighted by Gasteiger charge is -2.34. The second-order valence-electron chi connectivity index (χ2n) is 2.83. The highest BCUT2D eigenvalue weighted by Gasteiger charge is 2.26. The SMILES string of the molecule is CCNC1CC(CN)C1. The van der Waals surface area contributed by atoms with Gasteiger partial charge in [-0.1, -0.05) is 6.92 Å². The Kier molecular flexibility index (Phi) is 2.49. The molecule has 2 nitrogen and oxygen atoms in total. The van der Waals surface area contributed by atoms with Gasteiger partial charge < -0.3 is 11.1 Å². The van der Waals surface area contributed by atoms with Crippen LogP contribution in [0.5, 0.6) is 0 Å². The molecule has 0 bridgehead atoms. The first-order valence-corrected chi connectivity index (χ1v) is 3.80. The van der Waals surface area contributed by atoms with Gasteiger partial charge in [0.2, 0.25) is 0 Å². The van der Waals surface area contributed by atoms with Crippen LogP contribution in [0.25, 0.3) is 0 Å². The van der Waals surface area contributed by atoms with Gasteiger partial charge in [0.25, 0.3) is 0 Å². The van der Waals surface area contributed by atoms with Gasteiger partial charge in [-0.25, -0.2) is 0 Å². The minimum Gasteiger partial charge on any atom is -0.330 e. The second-order valence-corrected chi connectivity index (χ2v) is 2.83. The molecule has 3 N–H and O–H groups in total. The van der Waals surface area contributed by atoms with E-state index in [1.54, 1.807) is 0 Å². The molecular formula is C7H16N2. The molecular weight excluding hydrogens is 112 g/mol. The van der Waals surface area contributed by atoms with Gasteiger partial charge in [0, 0.05) is 6.04 Å². The highest BCUT2D eigenvalue weighted by Crippen LogP contribution is 2.25. The van der Waals surface area contributed by atoms with Crippen LogP contribution in [-0.4, -0.2) is 19.1 Å². The van der Waals surface area contributed by atoms with Crippen molar-refractivity contribution in [2.45, 2.75) is 25.8 Å². The highest BCUT2D eigenvalue weighted by molar-refractivity contribution is 4.84. The standard InChI is InChI=1S/C7H16N2/c1-2-9-7-3-6(4-7)5-8/h6-7,9H,2-5,8H2,1H3. The molecule has 2 heteroatoms. The van der Waals surface area contributed by atoms with Crippen molar-refractivity contribution in [1.29, 1.82) is 0 Å². The van der Waals surface area contributed by atoms with Crippen molar-refractivity contribution in [2.24, 2.45) is 11.7 Å². The quantitative estimate of drug-likeness (QED) is 0.575. The molecule has 0 radical (unpaired) electrons. The minimum atomic E-state index is 0.781. The van der Waals surface area contributed by atoms with Crippen LogP contribution >= 0.6 is 0 Å². The average Bonchev–Trinajstić information content (AvgIpc) is 1.77. The summed E-state index contributed by atoms with van der Waals surface area (Å²) in [6.45, 7) is 4.12. The van der Waals surface area contributed by atoms with Gasteiger partial charge in [-0.15, -0.1) is 0 Å². The third-order valence-electron chi connectivity index (χ3n) is 2.06. The molecule has 0 atom stereocenters. The molecule has 0 amide bonds. The van der Waals surface area contributed by atoms with E-state index in [1.807, 2.05) is 0 Å². The van der Waals surface area contributed by atoms with Crippen molar-refractivity contribution in [3.8, 4) is 0 Å².